The first-order valence-electron chi connectivity index (χ1n) is 4.52. The Kier molecular flexibility index (Phi) is 1.11. The molecule has 74 valence electrons. The van der Waals surface area contributed by atoms with Crippen LogP contribution < -0.4 is 0 Å². The van der Waals surface area contributed by atoms with Crippen molar-refractivity contribution in [2.75, 3.05) is 6.61 Å². The maximum Gasteiger partial charge on any atom is 0.338 e. The summed E-state index contributed by atoms with van der Waals surface area (Å²) in [4.78, 5) is 11.5. The fraction of sp³-hybridized carbons (Fsp3) is 0.500. The molecule has 3 heterocycles. The highest BCUT2D eigenvalue weighted by Gasteiger charge is 2.67. The molecule has 3 aliphatic heterocycles. The van der Waals surface area contributed by atoms with Crippen LogP contribution in [0.5, 0.6) is 0 Å². The van der Waals surface area contributed by atoms with Gasteiger partial charge >= 0.3 is 5.97 Å². The van der Waals surface area contributed by atoms with Crippen LogP contribution in [0.1, 0.15) is 13.8 Å². The molecule has 3 aliphatic rings. The van der Waals surface area contributed by atoms with Crippen LogP contribution in [0.4, 0.5) is 0 Å². The van der Waals surface area contributed by atoms with Crippen molar-refractivity contribution in [1.29, 1.82) is 0 Å². The van der Waals surface area contributed by atoms with Gasteiger partial charge in [-0.3, -0.25) is 0 Å². The van der Waals surface area contributed by atoms with E-state index in [0.29, 0.717) is 17.9 Å². The number of hydrogen-bond donors (Lipinski definition) is 0. The standard InChI is InChI=1S/C10H10O4/c1-6-7-8(11)12-5-10(7)3-4-13-9(10,2)14-6/h3-4H,5H2,1-2H3. The molecule has 0 aliphatic carbocycles. The predicted octanol–water partition coefficient (Wildman–Crippen LogP) is 1.09. The first-order valence-corrected chi connectivity index (χ1v) is 4.52. The summed E-state index contributed by atoms with van der Waals surface area (Å²) in [5.74, 6) is -0.473. The van der Waals surface area contributed by atoms with E-state index in [1.165, 1.54) is 0 Å². The highest BCUT2D eigenvalue weighted by atomic mass is 16.7. The number of hydrogen-bond acceptors (Lipinski definition) is 4. The Labute approximate surface area is 81.1 Å². The minimum atomic E-state index is -0.793. The lowest BCUT2D eigenvalue weighted by Gasteiger charge is -2.30. The summed E-state index contributed by atoms with van der Waals surface area (Å²) in [5.41, 5.74) is 0.0856. The molecule has 1 saturated heterocycles. The van der Waals surface area contributed by atoms with Gasteiger partial charge in [0.25, 0.3) is 5.79 Å². The van der Waals surface area contributed by atoms with Gasteiger partial charge in [-0.15, -0.1) is 0 Å². The van der Waals surface area contributed by atoms with E-state index in [1.807, 2.05) is 13.0 Å². The van der Waals surface area contributed by atoms with Crippen LogP contribution in [0.2, 0.25) is 0 Å². The van der Waals surface area contributed by atoms with Crippen molar-refractivity contribution in [1.82, 2.24) is 0 Å². The average molecular weight is 194 g/mol. The van der Waals surface area contributed by atoms with Gasteiger partial charge in [-0.2, -0.15) is 0 Å². The second-order valence-corrected chi connectivity index (χ2v) is 3.95. The Morgan fingerprint density at radius 2 is 2.29 bits per heavy atom. The Hall–Kier alpha value is -1.45. The van der Waals surface area contributed by atoms with Gasteiger partial charge in [0.1, 0.15) is 17.8 Å². The molecule has 0 saturated carbocycles. The van der Waals surface area contributed by atoms with Gasteiger partial charge in [-0.05, 0) is 13.0 Å². The second kappa shape index (κ2) is 1.97. The van der Waals surface area contributed by atoms with Gasteiger partial charge in [0.05, 0.1) is 11.8 Å². The summed E-state index contributed by atoms with van der Waals surface area (Å²) in [7, 11) is 0. The third kappa shape index (κ3) is 0.585. The van der Waals surface area contributed by atoms with Crippen LogP contribution >= 0.6 is 0 Å². The summed E-state index contributed by atoms with van der Waals surface area (Å²) >= 11 is 0. The number of rotatable bonds is 0. The largest absolute Gasteiger partial charge is 0.461 e. The van der Waals surface area contributed by atoms with Crippen molar-refractivity contribution in [3.63, 3.8) is 0 Å². The zero-order chi connectivity index (χ0) is 9.97. The number of ether oxygens (including phenoxy) is 3. The summed E-state index contributed by atoms with van der Waals surface area (Å²) in [6.45, 7) is 3.90. The second-order valence-electron chi connectivity index (χ2n) is 3.95. The van der Waals surface area contributed by atoms with Crippen molar-refractivity contribution in [2.24, 2.45) is 5.41 Å². The molecule has 14 heavy (non-hydrogen) atoms. The van der Waals surface area contributed by atoms with E-state index in [2.05, 4.69) is 0 Å². The number of allylic oxidation sites excluding steroid dienone is 1. The molecule has 4 heteroatoms. The molecule has 0 amide bonds. The molecule has 0 aromatic carbocycles. The lowest BCUT2D eigenvalue weighted by Crippen LogP contribution is -2.42. The summed E-state index contributed by atoms with van der Waals surface area (Å²) in [5, 5.41) is 0. The Bertz CT molecular complexity index is 395. The van der Waals surface area contributed by atoms with Crippen LogP contribution in [-0.4, -0.2) is 18.4 Å². The third-order valence-corrected chi connectivity index (χ3v) is 3.24. The van der Waals surface area contributed by atoms with Gasteiger partial charge < -0.3 is 14.2 Å². The Morgan fingerprint density at radius 1 is 1.50 bits per heavy atom. The quantitative estimate of drug-likeness (QED) is 0.541. The number of carbonyl (C=O) groups is 1. The lowest BCUT2D eigenvalue weighted by atomic mass is 9.78. The van der Waals surface area contributed by atoms with Crippen LogP contribution in [0.15, 0.2) is 23.7 Å². The van der Waals surface area contributed by atoms with Crippen LogP contribution in [0.25, 0.3) is 0 Å². The van der Waals surface area contributed by atoms with Crippen LogP contribution in [0, 0.1) is 5.41 Å². The maximum absolute atomic E-state index is 11.5. The first kappa shape index (κ1) is 7.91. The molecule has 2 unspecified atom stereocenters. The van der Waals surface area contributed by atoms with Crippen molar-refractivity contribution in [2.45, 2.75) is 19.6 Å². The zero-order valence-electron chi connectivity index (χ0n) is 7.99. The van der Waals surface area contributed by atoms with Crippen molar-refractivity contribution >= 4 is 5.97 Å². The summed E-state index contributed by atoms with van der Waals surface area (Å²) in [6.07, 6.45) is 3.43. The number of carbonyl (C=O) groups excluding carboxylic acids is 1. The van der Waals surface area contributed by atoms with Gasteiger partial charge in [-0.1, -0.05) is 0 Å². The smallest absolute Gasteiger partial charge is 0.338 e. The highest BCUT2D eigenvalue weighted by Crippen LogP contribution is 2.57. The molecular weight excluding hydrogens is 184 g/mol. The maximum atomic E-state index is 11.5. The van der Waals surface area contributed by atoms with Crippen molar-refractivity contribution in [3.8, 4) is 0 Å². The Morgan fingerprint density at radius 3 is 3.07 bits per heavy atom. The lowest BCUT2D eigenvalue weighted by molar-refractivity contribution is -0.187. The van der Waals surface area contributed by atoms with E-state index in [-0.39, 0.29) is 5.97 Å². The molecule has 1 fully saturated rings. The fourth-order valence-corrected chi connectivity index (χ4v) is 2.45. The fourth-order valence-electron chi connectivity index (χ4n) is 2.45. The van der Waals surface area contributed by atoms with Crippen molar-refractivity contribution in [3.05, 3.63) is 23.7 Å². The molecule has 3 rings (SSSR count). The van der Waals surface area contributed by atoms with E-state index >= 15 is 0 Å². The van der Waals surface area contributed by atoms with E-state index in [4.69, 9.17) is 14.2 Å². The monoisotopic (exact) mass is 194 g/mol. The zero-order valence-corrected chi connectivity index (χ0v) is 7.99. The Balaban J connectivity index is 2.24. The number of cyclic esters (lactones) is 1. The van der Waals surface area contributed by atoms with Gasteiger partial charge in [0.2, 0.25) is 0 Å². The molecule has 0 aromatic rings. The molecule has 1 spiro atoms. The summed E-state index contributed by atoms with van der Waals surface area (Å²) < 4.78 is 16.1. The molecule has 0 N–H and O–H groups in total. The number of esters is 1. The van der Waals surface area contributed by atoms with Crippen LogP contribution in [-0.2, 0) is 19.0 Å². The molecule has 0 aromatic heterocycles. The van der Waals surface area contributed by atoms with E-state index in [9.17, 15) is 4.79 Å². The topological polar surface area (TPSA) is 44.8 Å². The molecule has 0 radical (unpaired) electrons. The summed E-state index contributed by atoms with van der Waals surface area (Å²) in [6, 6.07) is 0. The van der Waals surface area contributed by atoms with Crippen molar-refractivity contribution < 1.29 is 19.0 Å². The molecule has 4 nitrogen and oxygen atoms in total. The van der Waals surface area contributed by atoms with Gasteiger partial charge in [-0.25, -0.2) is 4.79 Å². The SMILES string of the molecule is CC1=C2C(=O)OCC23C=COC3(C)O1. The average Bonchev–Trinajstić information content (AvgIpc) is 2.62. The third-order valence-electron chi connectivity index (χ3n) is 3.24. The normalized spacial score (nSPS) is 43.1. The van der Waals surface area contributed by atoms with Gasteiger partial charge in [0, 0.05) is 6.92 Å². The van der Waals surface area contributed by atoms with Crippen LogP contribution in [0.3, 0.4) is 0 Å². The predicted molar refractivity (Wildman–Crippen MR) is 45.8 cm³/mol. The molecule has 2 atom stereocenters. The minimum absolute atomic E-state index is 0.290. The van der Waals surface area contributed by atoms with E-state index in [0.717, 1.165) is 0 Å². The first-order chi connectivity index (χ1) is 6.59. The molecule has 0 bridgehead atoms. The molecular formula is C10H10O4. The van der Waals surface area contributed by atoms with Gasteiger partial charge in [0.15, 0.2) is 0 Å². The van der Waals surface area contributed by atoms with E-state index in [1.54, 1.807) is 13.2 Å². The highest BCUT2D eigenvalue weighted by molar-refractivity contribution is 5.94. The van der Waals surface area contributed by atoms with E-state index < -0.39 is 11.2 Å². The minimum Gasteiger partial charge on any atom is -0.461 e.